The standard InChI is InChI=1S/C22H24O6/c1-13(2)4-10-17-19(26)12-20(27)21(22(17)28-14(3)23)18(25)11-7-15-5-8-16(24)9-6-15/h4-6,8-9,12,24,26-27H,7,10-11H2,1-3H3. The molecule has 0 radical (unpaired) electrons. The van der Waals surface area contributed by atoms with E-state index in [0.29, 0.717) is 6.42 Å². The predicted octanol–water partition coefficient (Wildman–Crippen LogP) is 4.05. The molecule has 0 unspecified atom stereocenters. The summed E-state index contributed by atoms with van der Waals surface area (Å²) in [6.45, 7) is 4.95. The smallest absolute Gasteiger partial charge is 0.308 e. The van der Waals surface area contributed by atoms with E-state index < -0.39 is 17.5 Å². The highest BCUT2D eigenvalue weighted by Crippen LogP contribution is 2.40. The van der Waals surface area contributed by atoms with Crippen molar-refractivity contribution in [3.05, 3.63) is 58.7 Å². The second-order valence-electron chi connectivity index (χ2n) is 6.77. The lowest BCUT2D eigenvalue weighted by Gasteiger charge is -2.16. The van der Waals surface area contributed by atoms with Crippen LogP contribution in [0.5, 0.6) is 23.0 Å². The van der Waals surface area contributed by atoms with E-state index in [0.717, 1.165) is 17.2 Å². The number of hydrogen-bond acceptors (Lipinski definition) is 6. The van der Waals surface area contributed by atoms with Crippen LogP contribution in [-0.4, -0.2) is 27.1 Å². The lowest BCUT2D eigenvalue weighted by molar-refractivity contribution is -0.131. The molecular weight excluding hydrogens is 360 g/mol. The third-order valence-corrected chi connectivity index (χ3v) is 4.16. The Labute approximate surface area is 163 Å². The van der Waals surface area contributed by atoms with E-state index in [2.05, 4.69) is 0 Å². The van der Waals surface area contributed by atoms with Crippen molar-refractivity contribution in [2.24, 2.45) is 0 Å². The van der Waals surface area contributed by atoms with Crippen LogP contribution < -0.4 is 4.74 Å². The van der Waals surface area contributed by atoms with E-state index in [9.17, 15) is 24.9 Å². The van der Waals surface area contributed by atoms with Crippen molar-refractivity contribution in [2.75, 3.05) is 0 Å². The number of aryl methyl sites for hydroxylation is 1. The fourth-order valence-corrected chi connectivity index (χ4v) is 2.75. The summed E-state index contributed by atoms with van der Waals surface area (Å²) in [7, 11) is 0. The molecule has 6 heteroatoms. The minimum atomic E-state index is -0.656. The summed E-state index contributed by atoms with van der Waals surface area (Å²) in [6.07, 6.45) is 2.50. The number of phenols is 3. The van der Waals surface area contributed by atoms with Gasteiger partial charge >= 0.3 is 5.97 Å². The van der Waals surface area contributed by atoms with Gasteiger partial charge in [0.2, 0.25) is 0 Å². The van der Waals surface area contributed by atoms with Crippen molar-refractivity contribution in [1.29, 1.82) is 0 Å². The van der Waals surface area contributed by atoms with Gasteiger partial charge in [-0.05, 0) is 44.4 Å². The molecule has 0 atom stereocenters. The van der Waals surface area contributed by atoms with Gasteiger partial charge in [-0.15, -0.1) is 0 Å². The first-order valence-corrected chi connectivity index (χ1v) is 8.89. The van der Waals surface area contributed by atoms with Gasteiger partial charge in [0.05, 0.1) is 0 Å². The number of esters is 1. The normalized spacial score (nSPS) is 10.4. The number of carbonyl (C=O) groups is 2. The van der Waals surface area contributed by atoms with Crippen LogP contribution in [0, 0.1) is 0 Å². The summed E-state index contributed by atoms with van der Waals surface area (Å²) in [5, 5.41) is 29.8. The molecule has 0 saturated carbocycles. The van der Waals surface area contributed by atoms with Crippen LogP contribution in [-0.2, 0) is 17.6 Å². The van der Waals surface area contributed by atoms with Crippen LogP contribution in [0.15, 0.2) is 42.0 Å². The van der Waals surface area contributed by atoms with Crippen molar-refractivity contribution >= 4 is 11.8 Å². The number of rotatable bonds is 7. The van der Waals surface area contributed by atoms with Crippen LogP contribution in [0.1, 0.15) is 48.7 Å². The Balaban J connectivity index is 2.40. The van der Waals surface area contributed by atoms with Gasteiger partial charge in [-0.3, -0.25) is 9.59 Å². The number of ketones is 1. The van der Waals surface area contributed by atoms with Crippen LogP contribution in [0.3, 0.4) is 0 Å². The molecular formula is C22H24O6. The maximum atomic E-state index is 12.8. The molecule has 0 aliphatic carbocycles. The number of phenolic OH excluding ortho intramolecular Hbond substituents is 3. The average Bonchev–Trinajstić information content (AvgIpc) is 2.60. The Hall–Kier alpha value is -3.28. The van der Waals surface area contributed by atoms with Gasteiger partial charge < -0.3 is 20.1 Å². The molecule has 0 spiro atoms. The molecule has 148 valence electrons. The third kappa shape index (κ3) is 5.36. The lowest BCUT2D eigenvalue weighted by Crippen LogP contribution is -2.11. The predicted molar refractivity (Wildman–Crippen MR) is 105 cm³/mol. The molecule has 0 amide bonds. The highest BCUT2D eigenvalue weighted by molar-refractivity contribution is 6.02. The van der Waals surface area contributed by atoms with Gasteiger partial charge in [-0.1, -0.05) is 23.8 Å². The van der Waals surface area contributed by atoms with E-state index in [4.69, 9.17) is 4.74 Å². The Kier molecular flexibility index (Phi) is 6.82. The molecule has 2 rings (SSSR count). The van der Waals surface area contributed by atoms with E-state index in [-0.39, 0.29) is 41.2 Å². The molecule has 0 saturated heterocycles. The first kappa shape index (κ1) is 21.0. The highest BCUT2D eigenvalue weighted by Gasteiger charge is 2.25. The topological polar surface area (TPSA) is 104 Å². The number of Topliss-reactive ketones (excluding diaryl/α,β-unsaturated/α-hetero) is 1. The second kappa shape index (κ2) is 9.08. The second-order valence-corrected chi connectivity index (χ2v) is 6.77. The van der Waals surface area contributed by atoms with Crippen LogP contribution >= 0.6 is 0 Å². The third-order valence-electron chi connectivity index (χ3n) is 4.16. The van der Waals surface area contributed by atoms with Crippen LogP contribution in [0.2, 0.25) is 0 Å². The number of benzene rings is 2. The number of carbonyl (C=O) groups excluding carboxylic acids is 2. The quantitative estimate of drug-likeness (QED) is 0.288. The van der Waals surface area contributed by atoms with Gasteiger partial charge in [0, 0.05) is 25.0 Å². The molecule has 3 N–H and O–H groups in total. The average molecular weight is 384 g/mol. The van der Waals surface area contributed by atoms with Gasteiger partial charge in [0.15, 0.2) is 11.5 Å². The van der Waals surface area contributed by atoms with Gasteiger partial charge in [0.25, 0.3) is 0 Å². The van der Waals surface area contributed by atoms with Crippen molar-refractivity contribution in [2.45, 2.75) is 40.0 Å². The molecule has 0 heterocycles. The molecule has 2 aromatic carbocycles. The largest absolute Gasteiger partial charge is 0.508 e. The lowest BCUT2D eigenvalue weighted by atomic mass is 9.96. The zero-order valence-electron chi connectivity index (χ0n) is 16.2. The zero-order chi connectivity index (χ0) is 20.8. The first-order valence-electron chi connectivity index (χ1n) is 8.89. The summed E-state index contributed by atoms with van der Waals surface area (Å²) in [4.78, 5) is 24.4. The summed E-state index contributed by atoms with van der Waals surface area (Å²) < 4.78 is 5.22. The monoisotopic (exact) mass is 384 g/mol. The zero-order valence-corrected chi connectivity index (χ0v) is 16.2. The molecule has 0 aromatic heterocycles. The SMILES string of the molecule is CC(=O)Oc1c(CC=C(C)C)c(O)cc(O)c1C(=O)CCc1ccc(O)cc1. The van der Waals surface area contributed by atoms with E-state index in [1.807, 2.05) is 19.9 Å². The molecule has 0 aliphatic heterocycles. The van der Waals surface area contributed by atoms with Gasteiger partial charge in [-0.25, -0.2) is 0 Å². The number of aromatic hydroxyl groups is 3. The Morgan fingerprint density at radius 1 is 1.00 bits per heavy atom. The van der Waals surface area contributed by atoms with Gasteiger partial charge in [-0.2, -0.15) is 0 Å². The Morgan fingerprint density at radius 2 is 1.64 bits per heavy atom. The minimum Gasteiger partial charge on any atom is -0.508 e. The van der Waals surface area contributed by atoms with Crippen molar-refractivity contribution in [1.82, 2.24) is 0 Å². The van der Waals surface area contributed by atoms with Crippen LogP contribution in [0.25, 0.3) is 0 Å². The number of ether oxygens (including phenoxy) is 1. The molecule has 0 bridgehead atoms. The Bertz CT molecular complexity index is 906. The summed E-state index contributed by atoms with van der Waals surface area (Å²) >= 11 is 0. The van der Waals surface area contributed by atoms with Crippen molar-refractivity contribution in [3.63, 3.8) is 0 Å². The molecule has 6 nitrogen and oxygen atoms in total. The highest BCUT2D eigenvalue weighted by atomic mass is 16.5. The number of allylic oxidation sites excluding steroid dienone is 2. The maximum absolute atomic E-state index is 12.8. The number of hydrogen-bond donors (Lipinski definition) is 3. The Morgan fingerprint density at radius 3 is 2.21 bits per heavy atom. The van der Waals surface area contributed by atoms with Crippen molar-refractivity contribution < 1.29 is 29.6 Å². The summed E-state index contributed by atoms with van der Waals surface area (Å²) in [5.41, 5.74) is 1.97. The van der Waals surface area contributed by atoms with E-state index in [1.165, 1.54) is 19.1 Å². The fourth-order valence-electron chi connectivity index (χ4n) is 2.75. The molecule has 2 aromatic rings. The van der Waals surface area contributed by atoms with Crippen molar-refractivity contribution in [3.8, 4) is 23.0 Å². The summed E-state index contributed by atoms with van der Waals surface area (Å²) in [5.74, 6) is -1.74. The van der Waals surface area contributed by atoms with E-state index in [1.54, 1.807) is 12.1 Å². The van der Waals surface area contributed by atoms with E-state index >= 15 is 0 Å². The maximum Gasteiger partial charge on any atom is 0.308 e. The minimum absolute atomic E-state index is 0.0550. The van der Waals surface area contributed by atoms with Gasteiger partial charge in [0.1, 0.15) is 22.8 Å². The molecule has 28 heavy (non-hydrogen) atoms. The molecule has 0 fully saturated rings. The first-order chi connectivity index (χ1) is 13.2. The fraction of sp³-hybridized carbons (Fsp3) is 0.273. The summed E-state index contributed by atoms with van der Waals surface area (Å²) in [6, 6.07) is 7.55. The van der Waals surface area contributed by atoms with Crippen LogP contribution in [0.4, 0.5) is 0 Å². The molecule has 0 aliphatic rings.